The highest BCUT2D eigenvalue weighted by Gasteiger charge is 2.15. The van der Waals surface area contributed by atoms with E-state index in [2.05, 4.69) is 5.32 Å². The zero-order chi connectivity index (χ0) is 13.7. The van der Waals surface area contributed by atoms with Gasteiger partial charge in [0, 0.05) is 11.4 Å². The van der Waals surface area contributed by atoms with Crippen molar-refractivity contribution in [2.75, 3.05) is 0 Å². The lowest BCUT2D eigenvalue weighted by atomic mass is 10.1. The maximum absolute atomic E-state index is 12.0. The number of amides is 1. The molecule has 0 aliphatic heterocycles. The van der Waals surface area contributed by atoms with Crippen molar-refractivity contribution < 1.29 is 9.90 Å². The van der Waals surface area contributed by atoms with E-state index in [1.54, 1.807) is 11.3 Å². The number of aliphatic hydroxyl groups excluding tert-OH is 1. The second kappa shape index (κ2) is 6.50. The predicted octanol–water partition coefficient (Wildman–Crippen LogP) is 2.66. The number of hydrogen-bond acceptors (Lipinski definition) is 3. The summed E-state index contributed by atoms with van der Waals surface area (Å²) in [5.74, 6) is -0.128. The van der Waals surface area contributed by atoms with Crippen molar-refractivity contribution in [3.05, 3.63) is 57.8 Å². The predicted molar refractivity (Wildman–Crippen MR) is 76.9 cm³/mol. The maximum Gasteiger partial charge on any atom is 0.228 e. The summed E-state index contributed by atoms with van der Waals surface area (Å²) in [7, 11) is 0. The lowest BCUT2D eigenvalue weighted by Gasteiger charge is -2.12. The van der Waals surface area contributed by atoms with Gasteiger partial charge in [-0.05, 0) is 29.5 Å². The summed E-state index contributed by atoms with van der Waals surface area (Å²) < 4.78 is 0. The molecule has 0 aliphatic rings. The van der Waals surface area contributed by atoms with Crippen LogP contribution in [0.4, 0.5) is 0 Å². The van der Waals surface area contributed by atoms with Crippen LogP contribution < -0.4 is 5.32 Å². The van der Waals surface area contributed by atoms with E-state index in [9.17, 15) is 9.90 Å². The lowest BCUT2D eigenvalue weighted by molar-refractivity contribution is -0.122. The molecule has 2 rings (SSSR count). The topological polar surface area (TPSA) is 49.3 Å². The monoisotopic (exact) mass is 275 g/mol. The van der Waals surface area contributed by atoms with E-state index >= 15 is 0 Å². The van der Waals surface area contributed by atoms with Gasteiger partial charge in [0.2, 0.25) is 5.91 Å². The standard InChI is InChI=1S/C15H17NO2S/c1-11(14-7-4-8-19-14)15(18)16-9-12-5-2-3-6-13(12)10-17/h2-8,11,17H,9-10H2,1H3,(H,16,18). The molecule has 3 nitrogen and oxygen atoms in total. The van der Waals surface area contributed by atoms with Gasteiger partial charge in [-0.2, -0.15) is 0 Å². The van der Waals surface area contributed by atoms with Gasteiger partial charge in [-0.25, -0.2) is 0 Å². The summed E-state index contributed by atoms with van der Waals surface area (Å²) in [6, 6.07) is 11.5. The van der Waals surface area contributed by atoms with Crippen LogP contribution in [0, 0.1) is 0 Å². The smallest absolute Gasteiger partial charge is 0.228 e. The number of carbonyl (C=O) groups is 1. The molecule has 0 radical (unpaired) electrons. The fourth-order valence-electron chi connectivity index (χ4n) is 1.89. The van der Waals surface area contributed by atoms with Gasteiger partial charge in [0.15, 0.2) is 0 Å². The average molecular weight is 275 g/mol. The molecule has 0 aliphatic carbocycles. The number of aliphatic hydroxyl groups is 1. The largest absolute Gasteiger partial charge is 0.392 e. The molecule has 0 saturated heterocycles. The number of carbonyl (C=O) groups excluding carboxylic acids is 1. The number of rotatable bonds is 5. The summed E-state index contributed by atoms with van der Waals surface area (Å²) >= 11 is 1.59. The van der Waals surface area contributed by atoms with Gasteiger partial charge in [-0.1, -0.05) is 30.3 Å². The summed E-state index contributed by atoms with van der Waals surface area (Å²) in [5, 5.41) is 14.1. The summed E-state index contributed by atoms with van der Waals surface area (Å²) in [4.78, 5) is 13.1. The Hall–Kier alpha value is -1.65. The van der Waals surface area contributed by atoms with Crippen molar-refractivity contribution in [3.63, 3.8) is 0 Å². The van der Waals surface area contributed by atoms with Crippen LogP contribution in [0.25, 0.3) is 0 Å². The molecule has 0 saturated carbocycles. The zero-order valence-corrected chi connectivity index (χ0v) is 11.6. The molecule has 0 spiro atoms. The highest BCUT2D eigenvalue weighted by molar-refractivity contribution is 7.10. The summed E-state index contributed by atoms with van der Waals surface area (Å²) in [6.45, 7) is 2.34. The van der Waals surface area contributed by atoms with Crippen LogP contribution in [0.1, 0.15) is 28.8 Å². The molecule has 4 heteroatoms. The van der Waals surface area contributed by atoms with Crippen LogP contribution in [0.15, 0.2) is 41.8 Å². The first-order valence-corrected chi connectivity index (χ1v) is 7.09. The Bertz CT molecular complexity index is 537. The Morgan fingerprint density at radius 1 is 1.26 bits per heavy atom. The minimum Gasteiger partial charge on any atom is -0.392 e. The summed E-state index contributed by atoms with van der Waals surface area (Å²) in [6.07, 6.45) is 0. The average Bonchev–Trinajstić information content (AvgIpc) is 2.98. The fraction of sp³-hybridized carbons (Fsp3) is 0.267. The van der Waals surface area contributed by atoms with Gasteiger partial charge in [0.05, 0.1) is 12.5 Å². The van der Waals surface area contributed by atoms with Crippen LogP contribution in [0.5, 0.6) is 0 Å². The maximum atomic E-state index is 12.0. The van der Waals surface area contributed by atoms with Gasteiger partial charge in [0.25, 0.3) is 0 Å². The number of hydrogen-bond donors (Lipinski definition) is 2. The minimum absolute atomic E-state index is 0.00742. The molecule has 1 amide bonds. The first-order chi connectivity index (χ1) is 9.22. The molecule has 0 fully saturated rings. The molecule has 1 atom stereocenters. The van der Waals surface area contributed by atoms with Crippen molar-refractivity contribution in [1.82, 2.24) is 5.32 Å². The molecular weight excluding hydrogens is 258 g/mol. The van der Waals surface area contributed by atoms with E-state index in [1.165, 1.54) is 0 Å². The quantitative estimate of drug-likeness (QED) is 0.881. The molecule has 1 heterocycles. The molecular formula is C15H17NO2S. The molecule has 100 valence electrons. The van der Waals surface area contributed by atoms with E-state index in [1.807, 2.05) is 48.7 Å². The highest BCUT2D eigenvalue weighted by atomic mass is 32.1. The molecule has 1 unspecified atom stereocenters. The third-order valence-electron chi connectivity index (χ3n) is 3.11. The van der Waals surface area contributed by atoms with Crippen LogP contribution in [0.2, 0.25) is 0 Å². The first-order valence-electron chi connectivity index (χ1n) is 6.21. The van der Waals surface area contributed by atoms with Crippen molar-refractivity contribution in [2.45, 2.75) is 26.0 Å². The first kappa shape index (κ1) is 13.8. The normalized spacial score (nSPS) is 12.1. The van der Waals surface area contributed by atoms with E-state index in [4.69, 9.17) is 0 Å². The van der Waals surface area contributed by atoms with Crippen molar-refractivity contribution in [2.24, 2.45) is 0 Å². The van der Waals surface area contributed by atoms with Gasteiger partial charge in [-0.3, -0.25) is 4.79 Å². The minimum atomic E-state index is -0.138. The Morgan fingerprint density at radius 3 is 2.63 bits per heavy atom. The van der Waals surface area contributed by atoms with Gasteiger partial charge in [0.1, 0.15) is 0 Å². The van der Waals surface area contributed by atoms with E-state index in [0.717, 1.165) is 16.0 Å². The molecule has 1 aromatic carbocycles. The molecule has 0 bridgehead atoms. The van der Waals surface area contributed by atoms with Crippen LogP contribution in [0.3, 0.4) is 0 Å². The highest BCUT2D eigenvalue weighted by Crippen LogP contribution is 2.20. The van der Waals surface area contributed by atoms with Crippen LogP contribution in [-0.2, 0) is 17.9 Å². The Labute approximate surface area is 116 Å². The van der Waals surface area contributed by atoms with E-state index < -0.39 is 0 Å². The Morgan fingerprint density at radius 2 is 2.00 bits per heavy atom. The Balaban J connectivity index is 1.97. The third kappa shape index (κ3) is 3.43. The van der Waals surface area contributed by atoms with Crippen molar-refractivity contribution in [3.8, 4) is 0 Å². The van der Waals surface area contributed by atoms with Crippen molar-refractivity contribution in [1.29, 1.82) is 0 Å². The molecule has 2 N–H and O–H groups in total. The fourth-order valence-corrected chi connectivity index (χ4v) is 2.67. The van der Waals surface area contributed by atoms with E-state index in [0.29, 0.717) is 6.54 Å². The Kier molecular flexibility index (Phi) is 4.71. The summed E-state index contributed by atoms with van der Waals surface area (Å²) in [5.41, 5.74) is 1.81. The van der Waals surface area contributed by atoms with Gasteiger partial charge >= 0.3 is 0 Å². The number of thiophene rings is 1. The second-order valence-electron chi connectivity index (χ2n) is 4.38. The number of nitrogens with one attached hydrogen (secondary N) is 1. The molecule has 19 heavy (non-hydrogen) atoms. The lowest BCUT2D eigenvalue weighted by Crippen LogP contribution is -2.27. The molecule has 2 aromatic rings. The number of benzene rings is 1. The van der Waals surface area contributed by atoms with Gasteiger partial charge < -0.3 is 10.4 Å². The SMILES string of the molecule is CC(C(=O)NCc1ccccc1CO)c1cccs1. The van der Waals surface area contributed by atoms with Crippen molar-refractivity contribution >= 4 is 17.2 Å². The van der Waals surface area contributed by atoms with Crippen LogP contribution in [-0.4, -0.2) is 11.0 Å². The van der Waals surface area contributed by atoms with Crippen LogP contribution >= 0.6 is 11.3 Å². The second-order valence-corrected chi connectivity index (χ2v) is 5.36. The van der Waals surface area contributed by atoms with E-state index in [-0.39, 0.29) is 18.4 Å². The zero-order valence-electron chi connectivity index (χ0n) is 10.8. The third-order valence-corrected chi connectivity index (χ3v) is 4.16. The molecule has 1 aromatic heterocycles. The van der Waals surface area contributed by atoms with Gasteiger partial charge in [-0.15, -0.1) is 11.3 Å².